The molecule has 1 aromatic rings. The van der Waals surface area contributed by atoms with Gasteiger partial charge in [0, 0.05) is 12.2 Å². The highest BCUT2D eigenvalue weighted by Crippen LogP contribution is 2.18. The zero-order chi connectivity index (χ0) is 14.1. The summed E-state index contributed by atoms with van der Waals surface area (Å²) in [5.41, 5.74) is 4.08. The van der Waals surface area contributed by atoms with Gasteiger partial charge in [0.05, 0.1) is 0 Å². The Morgan fingerprint density at radius 2 is 2.00 bits per heavy atom. The third-order valence-corrected chi connectivity index (χ3v) is 3.75. The molecule has 0 amide bonds. The van der Waals surface area contributed by atoms with Gasteiger partial charge in [0.25, 0.3) is 0 Å². The Morgan fingerprint density at radius 1 is 1.21 bits per heavy atom. The fourth-order valence-corrected chi connectivity index (χ4v) is 2.36. The molecular weight excluding hydrogens is 250 g/mol. The van der Waals surface area contributed by atoms with Gasteiger partial charge in [-0.3, -0.25) is 0 Å². The van der Waals surface area contributed by atoms with E-state index in [4.69, 9.17) is 0 Å². The lowest BCUT2D eigenvalue weighted by molar-refractivity contribution is 0.685. The van der Waals surface area contributed by atoms with Crippen LogP contribution in [-0.4, -0.2) is 11.8 Å². The second-order valence-corrected chi connectivity index (χ2v) is 6.41. The van der Waals surface area contributed by atoms with Crippen molar-refractivity contribution >= 4 is 18.3 Å². The second kappa shape index (κ2) is 9.30. The van der Waals surface area contributed by atoms with E-state index >= 15 is 0 Å². The van der Waals surface area contributed by atoms with Crippen LogP contribution in [0.5, 0.6) is 0 Å². The van der Waals surface area contributed by atoms with Crippen molar-refractivity contribution in [3.8, 4) is 0 Å². The van der Waals surface area contributed by atoms with Gasteiger partial charge in [-0.25, -0.2) is 0 Å². The second-order valence-electron chi connectivity index (χ2n) is 5.52. The van der Waals surface area contributed by atoms with Gasteiger partial charge in [-0.05, 0) is 48.6 Å². The van der Waals surface area contributed by atoms with Gasteiger partial charge in [-0.2, -0.15) is 12.6 Å². The Morgan fingerprint density at radius 3 is 2.63 bits per heavy atom. The van der Waals surface area contributed by atoms with Gasteiger partial charge in [0.2, 0.25) is 0 Å². The van der Waals surface area contributed by atoms with Crippen LogP contribution < -0.4 is 5.32 Å². The van der Waals surface area contributed by atoms with E-state index in [9.17, 15) is 0 Å². The lowest BCUT2D eigenvalue weighted by Crippen LogP contribution is -2.03. The minimum atomic E-state index is 0.483. The van der Waals surface area contributed by atoms with Gasteiger partial charge in [-0.15, -0.1) is 0 Å². The first-order chi connectivity index (χ1) is 9.13. The number of aryl methyl sites for hydroxylation is 2. The number of hydrogen-bond donors (Lipinski definition) is 2. The summed E-state index contributed by atoms with van der Waals surface area (Å²) in [5, 5.41) is 4.03. The molecule has 1 unspecified atom stereocenters. The van der Waals surface area contributed by atoms with Crippen molar-refractivity contribution in [2.24, 2.45) is 0 Å². The molecule has 19 heavy (non-hydrogen) atoms. The van der Waals surface area contributed by atoms with Crippen LogP contribution in [0.1, 0.15) is 57.1 Å². The standard InChI is InChI=1S/C17H29NS/c1-4-5-6-7-12-18-17-11-10-16(13-14(17)2)9-8-15(3)19/h10-11,13,15,18-19H,4-9,12H2,1-3H3. The normalized spacial score (nSPS) is 12.4. The number of rotatable bonds is 9. The molecule has 0 aliphatic rings. The molecule has 0 aliphatic heterocycles. The minimum absolute atomic E-state index is 0.483. The fraction of sp³-hybridized carbons (Fsp3) is 0.647. The Balaban J connectivity index is 2.39. The summed E-state index contributed by atoms with van der Waals surface area (Å²) < 4.78 is 0. The van der Waals surface area contributed by atoms with Crippen LogP contribution in [0, 0.1) is 6.92 Å². The molecule has 0 aromatic heterocycles. The van der Waals surface area contributed by atoms with E-state index in [2.05, 4.69) is 56.9 Å². The maximum atomic E-state index is 4.44. The molecule has 1 aromatic carbocycles. The van der Waals surface area contributed by atoms with Crippen molar-refractivity contribution in [2.75, 3.05) is 11.9 Å². The SMILES string of the molecule is CCCCCCNc1ccc(CCC(C)S)cc1C. The van der Waals surface area contributed by atoms with Crippen molar-refractivity contribution in [3.05, 3.63) is 29.3 Å². The number of nitrogens with one attached hydrogen (secondary N) is 1. The molecular formula is C17H29NS. The lowest BCUT2D eigenvalue weighted by atomic mass is 10.0. The summed E-state index contributed by atoms with van der Waals surface area (Å²) in [7, 11) is 0. The Kier molecular flexibility index (Phi) is 8.04. The van der Waals surface area contributed by atoms with Crippen molar-refractivity contribution in [2.45, 2.75) is 64.5 Å². The molecule has 0 saturated carbocycles. The molecule has 1 rings (SSSR count). The molecule has 1 N–H and O–H groups in total. The largest absolute Gasteiger partial charge is 0.385 e. The molecule has 0 saturated heterocycles. The molecule has 0 heterocycles. The Hall–Kier alpha value is -0.630. The summed E-state index contributed by atoms with van der Waals surface area (Å²) >= 11 is 4.44. The molecule has 0 aliphatic carbocycles. The smallest absolute Gasteiger partial charge is 0.0370 e. The number of unbranched alkanes of at least 4 members (excludes halogenated alkanes) is 3. The molecule has 0 radical (unpaired) electrons. The van der Waals surface area contributed by atoms with Gasteiger partial charge >= 0.3 is 0 Å². The summed E-state index contributed by atoms with van der Waals surface area (Å²) in [6.45, 7) is 7.69. The van der Waals surface area contributed by atoms with E-state index in [0.717, 1.165) is 19.4 Å². The van der Waals surface area contributed by atoms with Crippen LogP contribution >= 0.6 is 12.6 Å². The minimum Gasteiger partial charge on any atom is -0.385 e. The molecule has 1 atom stereocenters. The highest BCUT2D eigenvalue weighted by molar-refractivity contribution is 7.80. The van der Waals surface area contributed by atoms with Crippen molar-refractivity contribution in [1.82, 2.24) is 0 Å². The van der Waals surface area contributed by atoms with E-state index in [1.54, 1.807) is 0 Å². The number of benzene rings is 1. The predicted octanol–water partition coefficient (Wildman–Crippen LogP) is 5.24. The summed E-state index contributed by atoms with van der Waals surface area (Å²) in [4.78, 5) is 0. The average Bonchev–Trinajstić information content (AvgIpc) is 2.38. The highest BCUT2D eigenvalue weighted by atomic mass is 32.1. The number of hydrogen-bond acceptors (Lipinski definition) is 2. The molecule has 0 fully saturated rings. The Labute approximate surface area is 124 Å². The lowest BCUT2D eigenvalue weighted by Gasteiger charge is -2.12. The average molecular weight is 279 g/mol. The topological polar surface area (TPSA) is 12.0 Å². The van der Waals surface area contributed by atoms with Crippen LogP contribution in [0.4, 0.5) is 5.69 Å². The van der Waals surface area contributed by atoms with E-state index in [0.29, 0.717) is 5.25 Å². The van der Waals surface area contributed by atoms with Gasteiger partial charge in [0.15, 0.2) is 0 Å². The summed E-state index contributed by atoms with van der Waals surface area (Å²) in [6.07, 6.45) is 7.53. The molecule has 0 bridgehead atoms. The van der Waals surface area contributed by atoms with Gasteiger partial charge in [0.1, 0.15) is 0 Å². The highest BCUT2D eigenvalue weighted by Gasteiger charge is 2.01. The predicted molar refractivity (Wildman–Crippen MR) is 90.6 cm³/mol. The fourth-order valence-electron chi connectivity index (χ4n) is 2.23. The van der Waals surface area contributed by atoms with Crippen LogP contribution in [0.2, 0.25) is 0 Å². The molecule has 1 nitrogen and oxygen atoms in total. The number of thiol groups is 1. The quantitative estimate of drug-likeness (QED) is 0.465. The zero-order valence-electron chi connectivity index (χ0n) is 12.7. The van der Waals surface area contributed by atoms with Gasteiger partial charge < -0.3 is 5.32 Å². The molecule has 2 heteroatoms. The van der Waals surface area contributed by atoms with Crippen LogP contribution in [-0.2, 0) is 6.42 Å². The maximum absolute atomic E-state index is 4.44. The van der Waals surface area contributed by atoms with Crippen molar-refractivity contribution in [1.29, 1.82) is 0 Å². The first-order valence-corrected chi connectivity index (χ1v) is 8.16. The van der Waals surface area contributed by atoms with E-state index in [-0.39, 0.29) is 0 Å². The van der Waals surface area contributed by atoms with Crippen molar-refractivity contribution in [3.63, 3.8) is 0 Å². The molecule has 108 valence electrons. The van der Waals surface area contributed by atoms with Gasteiger partial charge in [-0.1, -0.05) is 45.2 Å². The third-order valence-electron chi connectivity index (χ3n) is 3.49. The van der Waals surface area contributed by atoms with Crippen LogP contribution in [0.3, 0.4) is 0 Å². The third kappa shape index (κ3) is 6.91. The van der Waals surface area contributed by atoms with Crippen molar-refractivity contribution < 1.29 is 0 Å². The van der Waals surface area contributed by atoms with E-state index in [1.807, 2.05) is 0 Å². The van der Waals surface area contributed by atoms with Crippen LogP contribution in [0.25, 0.3) is 0 Å². The summed E-state index contributed by atoms with van der Waals surface area (Å²) in [5.74, 6) is 0. The van der Waals surface area contributed by atoms with E-state index in [1.165, 1.54) is 42.5 Å². The Bertz CT molecular complexity index is 360. The zero-order valence-corrected chi connectivity index (χ0v) is 13.6. The first kappa shape index (κ1) is 16.4. The summed E-state index contributed by atoms with van der Waals surface area (Å²) in [6, 6.07) is 6.79. The van der Waals surface area contributed by atoms with Crippen LogP contribution in [0.15, 0.2) is 18.2 Å². The molecule has 0 spiro atoms. The van der Waals surface area contributed by atoms with E-state index < -0.39 is 0 Å². The monoisotopic (exact) mass is 279 g/mol. The maximum Gasteiger partial charge on any atom is 0.0370 e. The number of anilines is 1. The first-order valence-electron chi connectivity index (χ1n) is 7.65.